The predicted octanol–water partition coefficient (Wildman–Crippen LogP) is 4.32. The van der Waals surface area contributed by atoms with Crippen LogP contribution in [0.5, 0.6) is 17.2 Å². The fraction of sp³-hybridized carbons (Fsp3) is 0.200. The van der Waals surface area contributed by atoms with Gasteiger partial charge in [0.25, 0.3) is 5.91 Å². The number of fused-ring (bicyclic) bond motifs is 1. The SMILES string of the molecule is CCOc1cc2c(cc1/C=C(\C#N)C(=O)Nc1cccc(Cl)c1C)OCO2. The first-order valence-corrected chi connectivity index (χ1v) is 8.66. The van der Waals surface area contributed by atoms with E-state index in [1.165, 1.54) is 6.08 Å². The zero-order chi connectivity index (χ0) is 19.4. The second-order valence-electron chi connectivity index (χ2n) is 5.71. The van der Waals surface area contributed by atoms with Gasteiger partial charge in [0.2, 0.25) is 6.79 Å². The molecule has 2 aromatic carbocycles. The lowest BCUT2D eigenvalue weighted by Gasteiger charge is -2.11. The molecule has 0 aliphatic carbocycles. The van der Waals surface area contributed by atoms with E-state index < -0.39 is 5.91 Å². The lowest BCUT2D eigenvalue weighted by Crippen LogP contribution is -2.14. The van der Waals surface area contributed by atoms with Crippen molar-refractivity contribution in [3.05, 3.63) is 52.1 Å². The number of hydrogen-bond acceptors (Lipinski definition) is 5. The smallest absolute Gasteiger partial charge is 0.266 e. The first-order chi connectivity index (χ1) is 13.0. The Balaban J connectivity index is 1.93. The molecule has 0 atom stereocenters. The Bertz CT molecular complexity index is 963. The minimum Gasteiger partial charge on any atom is -0.493 e. The zero-order valence-corrected chi connectivity index (χ0v) is 15.6. The Hall–Kier alpha value is -3.17. The van der Waals surface area contributed by atoms with Crippen LogP contribution in [-0.2, 0) is 4.79 Å². The molecule has 138 valence electrons. The third kappa shape index (κ3) is 3.99. The van der Waals surface area contributed by atoms with Crippen LogP contribution in [0.3, 0.4) is 0 Å². The molecule has 0 saturated heterocycles. The number of hydrogen-bond donors (Lipinski definition) is 1. The lowest BCUT2D eigenvalue weighted by molar-refractivity contribution is -0.112. The average molecular weight is 385 g/mol. The van der Waals surface area contributed by atoms with Gasteiger partial charge in [-0.1, -0.05) is 17.7 Å². The Kier molecular flexibility index (Phi) is 5.53. The van der Waals surface area contributed by atoms with Crippen molar-refractivity contribution in [3.8, 4) is 23.3 Å². The van der Waals surface area contributed by atoms with Crippen molar-refractivity contribution in [1.29, 1.82) is 5.26 Å². The standard InChI is InChI=1S/C20H17ClN2O4/c1-3-25-17-9-19-18(26-11-27-19)8-13(17)7-14(10-22)20(24)23-16-6-4-5-15(21)12(16)2/h4-9H,3,11H2,1-2H3,(H,23,24)/b14-7+. The number of carbonyl (C=O) groups is 1. The van der Waals surface area contributed by atoms with Crippen LogP contribution in [0.4, 0.5) is 5.69 Å². The molecule has 2 aromatic rings. The maximum absolute atomic E-state index is 12.6. The highest BCUT2D eigenvalue weighted by Gasteiger charge is 2.19. The average Bonchev–Trinajstić information content (AvgIpc) is 3.10. The number of halogens is 1. The lowest BCUT2D eigenvalue weighted by atomic mass is 10.1. The molecular formula is C20H17ClN2O4. The number of anilines is 1. The van der Waals surface area contributed by atoms with Crippen molar-refractivity contribution in [1.82, 2.24) is 0 Å². The molecule has 0 spiro atoms. The summed E-state index contributed by atoms with van der Waals surface area (Å²) in [5, 5.41) is 12.7. The minimum absolute atomic E-state index is 0.0748. The van der Waals surface area contributed by atoms with Gasteiger partial charge in [-0.05, 0) is 43.7 Å². The van der Waals surface area contributed by atoms with Crippen LogP contribution in [0, 0.1) is 18.3 Å². The molecule has 1 aliphatic heterocycles. The summed E-state index contributed by atoms with van der Waals surface area (Å²) in [4.78, 5) is 12.6. The van der Waals surface area contributed by atoms with E-state index >= 15 is 0 Å². The van der Waals surface area contributed by atoms with Crippen molar-refractivity contribution in [2.75, 3.05) is 18.7 Å². The third-order valence-electron chi connectivity index (χ3n) is 3.99. The van der Waals surface area contributed by atoms with Gasteiger partial charge in [-0.15, -0.1) is 0 Å². The molecule has 0 fully saturated rings. The molecule has 0 radical (unpaired) electrons. The Morgan fingerprint density at radius 3 is 2.81 bits per heavy atom. The Morgan fingerprint density at radius 2 is 2.11 bits per heavy atom. The quantitative estimate of drug-likeness (QED) is 0.613. The number of nitrogens with zero attached hydrogens (tertiary/aromatic N) is 1. The van der Waals surface area contributed by atoms with Gasteiger partial charge in [-0.25, -0.2) is 0 Å². The molecule has 6 nitrogen and oxygen atoms in total. The Morgan fingerprint density at radius 1 is 1.37 bits per heavy atom. The van der Waals surface area contributed by atoms with E-state index in [0.717, 1.165) is 5.56 Å². The third-order valence-corrected chi connectivity index (χ3v) is 4.40. The van der Waals surface area contributed by atoms with Gasteiger partial charge < -0.3 is 19.5 Å². The van der Waals surface area contributed by atoms with Gasteiger partial charge in [0.1, 0.15) is 17.4 Å². The highest BCUT2D eigenvalue weighted by atomic mass is 35.5. The van der Waals surface area contributed by atoms with Gasteiger partial charge in [0.15, 0.2) is 11.5 Å². The van der Waals surface area contributed by atoms with Crippen molar-refractivity contribution in [3.63, 3.8) is 0 Å². The molecule has 1 heterocycles. The van der Waals surface area contributed by atoms with Gasteiger partial charge >= 0.3 is 0 Å². The first-order valence-electron chi connectivity index (χ1n) is 8.28. The topological polar surface area (TPSA) is 80.6 Å². The zero-order valence-electron chi connectivity index (χ0n) is 14.8. The van der Waals surface area contributed by atoms with Gasteiger partial charge in [0.05, 0.1) is 6.61 Å². The molecule has 27 heavy (non-hydrogen) atoms. The van der Waals surface area contributed by atoms with E-state index in [1.807, 2.05) is 13.0 Å². The van der Waals surface area contributed by atoms with Crippen molar-refractivity contribution in [2.45, 2.75) is 13.8 Å². The van der Waals surface area contributed by atoms with E-state index in [9.17, 15) is 10.1 Å². The van der Waals surface area contributed by atoms with Crippen LogP contribution in [0.15, 0.2) is 35.9 Å². The van der Waals surface area contributed by atoms with Gasteiger partial charge in [-0.2, -0.15) is 5.26 Å². The van der Waals surface area contributed by atoms with Crippen LogP contribution in [0.2, 0.25) is 5.02 Å². The van der Waals surface area contributed by atoms with Crippen molar-refractivity contribution >= 4 is 29.3 Å². The predicted molar refractivity (Wildman–Crippen MR) is 102 cm³/mol. The number of benzene rings is 2. The second kappa shape index (κ2) is 8.02. The second-order valence-corrected chi connectivity index (χ2v) is 6.12. The maximum atomic E-state index is 12.6. The van der Waals surface area contributed by atoms with Crippen LogP contribution in [0.1, 0.15) is 18.1 Å². The fourth-order valence-electron chi connectivity index (χ4n) is 2.57. The Labute approximate surface area is 161 Å². The van der Waals surface area contributed by atoms with Crippen LogP contribution >= 0.6 is 11.6 Å². The molecule has 0 aromatic heterocycles. The summed E-state index contributed by atoms with van der Waals surface area (Å²) in [5.41, 5.74) is 1.75. The number of rotatable bonds is 5. The van der Waals surface area contributed by atoms with E-state index in [1.54, 1.807) is 37.3 Å². The molecule has 7 heteroatoms. The normalized spacial score (nSPS) is 12.4. The largest absolute Gasteiger partial charge is 0.493 e. The highest BCUT2D eigenvalue weighted by molar-refractivity contribution is 6.31. The number of carbonyl (C=O) groups excluding carboxylic acids is 1. The first kappa shape index (κ1) is 18.6. The number of nitriles is 1. The highest BCUT2D eigenvalue weighted by Crippen LogP contribution is 2.39. The summed E-state index contributed by atoms with van der Waals surface area (Å²) in [7, 11) is 0. The van der Waals surface area contributed by atoms with E-state index in [2.05, 4.69) is 5.32 Å². The molecule has 1 N–H and O–H groups in total. The van der Waals surface area contributed by atoms with Gasteiger partial charge in [-0.3, -0.25) is 4.79 Å². The van der Waals surface area contributed by atoms with Crippen LogP contribution < -0.4 is 19.5 Å². The summed E-state index contributed by atoms with van der Waals surface area (Å²) >= 11 is 6.08. The molecule has 0 unspecified atom stereocenters. The van der Waals surface area contributed by atoms with Crippen molar-refractivity contribution in [2.24, 2.45) is 0 Å². The van der Waals surface area contributed by atoms with Crippen LogP contribution in [0.25, 0.3) is 6.08 Å². The summed E-state index contributed by atoms with van der Waals surface area (Å²) in [5.74, 6) is 1.06. The maximum Gasteiger partial charge on any atom is 0.266 e. The molecule has 1 amide bonds. The van der Waals surface area contributed by atoms with E-state index in [0.29, 0.717) is 40.1 Å². The summed E-state index contributed by atoms with van der Waals surface area (Å²) in [6.45, 7) is 4.18. The van der Waals surface area contributed by atoms with E-state index in [-0.39, 0.29) is 12.4 Å². The molecular weight excluding hydrogens is 368 g/mol. The molecule has 3 rings (SSSR count). The van der Waals surface area contributed by atoms with E-state index in [4.69, 9.17) is 25.8 Å². The molecule has 0 saturated carbocycles. The summed E-state index contributed by atoms with van der Waals surface area (Å²) in [6, 6.07) is 10.5. The van der Waals surface area contributed by atoms with Crippen LogP contribution in [-0.4, -0.2) is 19.3 Å². The summed E-state index contributed by atoms with van der Waals surface area (Å²) in [6.07, 6.45) is 1.46. The number of nitrogens with one attached hydrogen (secondary N) is 1. The van der Waals surface area contributed by atoms with Crippen molar-refractivity contribution < 1.29 is 19.0 Å². The fourth-order valence-corrected chi connectivity index (χ4v) is 2.74. The van der Waals surface area contributed by atoms with Gasteiger partial charge in [0, 0.05) is 22.3 Å². The summed E-state index contributed by atoms with van der Waals surface area (Å²) < 4.78 is 16.3. The monoisotopic (exact) mass is 384 g/mol. The number of ether oxygens (including phenoxy) is 3. The molecule has 0 bridgehead atoms. The number of amides is 1. The molecule has 1 aliphatic rings. The minimum atomic E-state index is -0.539.